The standard InChI is InChI=1S/C22H21NOS/c24-22(15-16-25-17-18-9-3-1-4-10-18)23-21-14-8-7-13-20(21)19-11-5-2-6-12-19/h1-14H,15-17H2,(H,23,24). The summed E-state index contributed by atoms with van der Waals surface area (Å²) in [5.41, 5.74) is 4.32. The number of anilines is 1. The van der Waals surface area contributed by atoms with Crippen molar-refractivity contribution in [3.8, 4) is 11.1 Å². The lowest BCUT2D eigenvalue weighted by molar-refractivity contribution is -0.115. The van der Waals surface area contributed by atoms with Crippen LogP contribution in [0.1, 0.15) is 12.0 Å². The van der Waals surface area contributed by atoms with Crippen LogP contribution in [0.5, 0.6) is 0 Å². The third kappa shape index (κ3) is 5.23. The van der Waals surface area contributed by atoms with Gasteiger partial charge in [-0.3, -0.25) is 4.79 Å². The Kier molecular flexibility index (Phi) is 6.29. The average molecular weight is 347 g/mol. The van der Waals surface area contributed by atoms with Crippen LogP contribution in [0.15, 0.2) is 84.9 Å². The molecule has 0 radical (unpaired) electrons. The number of benzene rings is 3. The van der Waals surface area contributed by atoms with E-state index in [1.165, 1.54) is 5.56 Å². The van der Waals surface area contributed by atoms with Gasteiger partial charge in [-0.2, -0.15) is 11.8 Å². The van der Waals surface area contributed by atoms with Gasteiger partial charge in [-0.15, -0.1) is 0 Å². The van der Waals surface area contributed by atoms with Crippen LogP contribution in [0.25, 0.3) is 11.1 Å². The number of rotatable bonds is 7. The summed E-state index contributed by atoms with van der Waals surface area (Å²) in [5.74, 6) is 1.81. The van der Waals surface area contributed by atoms with Crippen LogP contribution in [-0.4, -0.2) is 11.7 Å². The van der Waals surface area contributed by atoms with Crippen molar-refractivity contribution in [2.75, 3.05) is 11.1 Å². The smallest absolute Gasteiger partial charge is 0.225 e. The average Bonchev–Trinajstić information content (AvgIpc) is 2.67. The summed E-state index contributed by atoms with van der Waals surface area (Å²) < 4.78 is 0. The molecule has 3 heteroatoms. The van der Waals surface area contributed by atoms with Crippen molar-refractivity contribution in [1.82, 2.24) is 0 Å². The summed E-state index contributed by atoms with van der Waals surface area (Å²) >= 11 is 1.78. The fourth-order valence-electron chi connectivity index (χ4n) is 2.60. The molecule has 3 rings (SSSR count). The molecular formula is C22H21NOS. The maximum absolute atomic E-state index is 12.3. The number of thioether (sulfide) groups is 1. The van der Waals surface area contributed by atoms with E-state index < -0.39 is 0 Å². The van der Waals surface area contributed by atoms with E-state index in [1.54, 1.807) is 11.8 Å². The number of hydrogen-bond donors (Lipinski definition) is 1. The molecular weight excluding hydrogens is 326 g/mol. The Morgan fingerprint density at radius 1 is 0.800 bits per heavy atom. The quantitative estimate of drug-likeness (QED) is 0.562. The van der Waals surface area contributed by atoms with Gasteiger partial charge >= 0.3 is 0 Å². The first-order chi connectivity index (χ1) is 12.3. The molecule has 0 spiro atoms. The Morgan fingerprint density at radius 2 is 1.44 bits per heavy atom. The predicted molar refractivity (Wildman–Crippen MR) is 108 cm³/mol. The number of amides is 1. The van der Waals surface area contributed by atoms with Gasteiger partial charge in [0.05, 0.1) is 0 Å². The third-order valence-electron chi connectivity index (χ3n) is 3.87. The number of nitrogens with one attached hydrogen (secondary N) is 1. The maximum Gasteiger partial charge on any atom is 0.225 e. The molecule has 0 atom stereocenters. The number of carbonyl (C=O) groups is 1. The van der Waals surface area contributed by atoms with Crippen molar-refractivity contribution in [1.29, 1.82) is 0 Å². The molecule has 0 aliphatic carbocycles. The molecule has 0 aliphatic heterocycles. The minimum absolute atomic E-state index is 0.0592. The van der Waals surface area contributed by atoms with E-state index in [1.807, 2.05) is 60.7 Å². The second kappa shape index (κ2) is 9.09. The van der Waals surface area contributed by atoms with E-state index >= 15 is 0 Å². The molecule has 2 nitrogen and oxygen atoms in total. The first-order valence-corrected chi connectivity index (χ1v) is 9.54. The molecule has 1 amide bonds. The summed E-state index contributed by atoms with van der Waals surface area (Å²) in [6.45, 7) is 0. The molecule has 0 unspecified atom stereocenters. The van der Waals surface area contributed by atoms with Gasteiger partial charge in [-0.05, 0) is 17.2 Å². The monoisotopic (exact) mass is 347 g/mol. The second-order valence-corrected chi connectivity index (χ2v) is 6.85. The molecule has 0 saturated heterocycles. The van der Waals surface area contributed by atoms with Crippen molar-refractivity contribution in [3.63, 3.8) is 0 Å². The molecule has 25 heavy (non-hydrogen) atoms. The zero-order chi connectivity index (χ0) is 17.3. The van der Waals surface area contributed by atoms with Crippen LogP contribution in [0.2, 0.25) is 0 Å². The van der Waals surface area contributed by atoms with Gasteiger partial charge in [-0.1, -0.05) is 78.9 Å². The van der Waals surface area contributed by atoms with E-state index in [4.69, 9.17) is 0 Å². The summed E-state index contributed by atoms with van der Waals surface area (Å²) in [5, 5.41) is 3.06. The van der Waals surface area contributed by atoms with Crippen molar-refractivity contribution < 1.29 is 4.79 Å². The highest BCUT2D eigenvalue weighted by atomic mass is 32.2. The van der Waals surface area contributed by atoms with Crippen LogP contribution in [0.4, 0.5) is 5.69 Å². The first-order valence-electron chi connectivity index (χ1n) is 8.39. The maximum atomic E-state index is 12.3. The molecule has 0 heterocycles. The van der Waals surface area contributed by atoms with Gasteiger partial charge in [0, 0.05) is 29.2 Å². The highest BCUT2D eigenvalue weighted by Gasteiger charge is 2.08. The van der Waals surface area contributed by atoms with Gasteiger partial charge in [-0.25, -0.2) is 0 Å². The molecule has 1 N–H and O–H groups in total. The van der Waals surface area contributed by atoms with Crippen molar-refractivity contribution in [3.05, 3.63) is 90.5 Å². The molecule has 0 bridgehead atoms. The highest BCUT2D eigenvalue weighted by molar-refractivity contribution is 7.98. The van der Waals surface area contributed by atoms with Gasteiger partial charge in [0.15, 0.2) is 0 Å². The molecule has 0 aliphatic rings. The first kappa shape index (κ1) is 17.3. The topological polar surface area (TPSA) is 29.1 Å². The zero-order valence-corrected chi connectivity index (χ0v) is 14.8. The van der Waals surface area contributed by atoms with Gasteiger partial charge in [0.2, 0.25) is 5.91 Å². The molecule has 3 aromatic rings. The lowest BCUT2D eigenvalue weighted by Gasteiger charge is -2.11. The summed E-state index contributed by atoms with van der Waals surface area (Å²) in [4.78, 5) is 12.3. The molecule has 0 aromatic heterocycles. The largest absolute Gasteiger partial charge is 0.325 e. The summed E-state index contributed by atoms with van der Waals surface area (Å²) in [7, 11) is 0. The zero-order valence-electron chi connectivity index (χ0n) is 14.0. The molecule has 3 aromatic carbocycles. The SMILES string of the molecule is O=C(CCSCc1ccccc1)Nc1ccccc1-c1ccccc1. The van der Waals surface area contributed by atoms with Crippen LogP contribution in [0.3, 0.4) is 0 Å². The van der Waals surface area contributed by atoms with E-state index in [-0.39, 0.29) is 5.91 Å². The lowest BCUT2D eigenvalue weighted by atomic mass is 10.0. The number of hydrogen-bond acceptors (Lipinski definition) is 2. The Hall–Kier alpha value is -2.52. The Labute approximate surface area is 153 Å². The van der Waals surface area contributed by atoms with Crippen molar-refractivity contribution in [2.24, 2.45) is 0 Å². The Balaban J connectivity index is 1.53. The fraction of sp³-hybridized carbons (Fsp3) is 0.136. The van der Waals surface area contributed by atoms with Crippen molar-refractivity contribution in [2.45, 2.75) is 12.2 Å². The van der Waals surface area contributed by atoms with Crippen LogP contribution < -0.4 is 5.32 Å². The van der Waals surface area contributed by atoms with E-state index in [2.05, 4.69) is 29.6 Å². The molecule has 0 saturated carbocycles. The second-order valence-electron chi connectivity index (χ2n) is 5.75. The van der Waals surface area contributed by atoms with Gasteiger partial charge < -0.3 is 5.32 Å². The van der Waals surface area contributed by atoms with E-state index in [9.17, 15) is 4.79 Å². The van der Waals surface area contributed by atoms with Crippen LogP contribution in [-0.2, 0) is 10.5 Å². The van der Waals surface area contributed by atoms with E-state index in [0.29, 0.717) is 6.42 Å². The fourth-order valence-corrected chi connectivity index (χ4v) is 3.51. The van der Waals surface area contributed by atoms with Gasteiger partial charge in [0.25, 0.3) is 0 Å². The number of carbonyl (C=O) groups excluding carboxylic acids is 1. The van der Waals surface area contributed by atoms with Crippen LogP contribution in [0, 0.1) is 0 Å². The third-order valence-corrected chi connectivity index (χ3v) is 4.90. The summed E-state index contributed by atoms with van der Waals surface area (Å²) in [6, 6.07) is 28.4. The summed E-state index contributed by atoms with van der Waals surface area (Å²) in [6.07, 6.45) is 0.515. The highest BCUT2D eigenvalue weighted by Crippen LogP contribution is 2.27. The lowest BCUT2D eigenvalue weighted by Crippen LogP contribution is -2.13. The Bertz CT molecular complexity index is 803. The molecule has 126 valence electrons. The Morgan fingerprint density at radius 3 is 2.20 bits per heavy atom. The van der Waals surface area contributed by atoms with Gasteiger partial charge in [0.1, 0.15) is 0 Å². The number of para-hydroxylation sites is 1. The normalized spacial score (nSPS) is 10.4. The minimum Gasteiger partial charge on any atom is -0.325 e. The predicted octanol–water partition coefficient (Wildman–Crippen LogP) is 5.62. The van der Waals surface area contributed by atoms with E-state index in [0.717, 1.165) is 28.3 Å². The minimum atomic E-state index is 0.0592. The molecule has 0 fully saturated rings. The van der Waals surface area contributed by atoms with Crippen LogP contribution >= 0.6 is 11.8 Å². The van der Waals surface area contributed by atoms with Crippen molar-refractivity contribution >= 4 is 23.4 Å².